The number of hydrogen-bond acceptors (Lipinski definition) is 3. The molecule has 0 bridgehead atoms. The average Bonchev–Trinajstić information content (AvgIpc) is 2.11. The molecule has 0 aromatic carbocycles. The third-order valence-corrected chi connectivity index (χ3v) is 11.0. The Labute approximate surface area is 84.3 Å². The minimum atomic E-state index is -1.90. The predicted octanol–water partition coefficient (Wildman–Crippen LogP) is 4.49. The summed E-state index contributed by atoms with van der Waals surface area (Å²) in [5, 5.41) is 0. The molecule has 0 aromatic rings. The molecule has 0 rings (SSSR count). The summed E-state index contributed by atoms with van der Waals surface area (Å²) >= 11 is 3.36. The molecule has 74 valence electrons. The van der Waals surface area contributed by atoms with E-state index >= 15 is 0 Å². The first kappa shape index (κ1) is 12.9. The van der Waals surface area contributed by atoms with E-state index in [1.165, 1.54) is 0 Å². The van der Waals surface area contributed by atoms with Crippen molar-refractivity contribution in [1.29, 1.82) is 0 Å². The molecule has 4 heteroatoms. The average molecular weight is 226 g/mol. The van der Waals surface area contributed by atoms with Crippen molar-refractivity contribution >= 4 is 28.3 Å². The molecular formula is C8H19OPS2. The maximum absolute atomic E-state index is 12.0. The zero-order valence-corrected chi connectivity index (χ0v) is 10.7. The van der Waals surface area contributed by atoms with Crippen LogP contribution >= 0.6 is 28.3 Å². The van der Waals surface area contributed by atoms with Gasteiger partial charge in [-0.25, -0.2) is 0 Å². The van der Waals surface area contributed by atoms with Crippen molar-refractivity contribution in [1.82, 2.24) is 0 Å². The van der Waals surface area contributed by atoms with E-state index in [2.05, 4.69) is 13.8 Å². The van der Waals surface area contributed by atoms with Crippen LogP contribution < -0.4 is 0 Å². The largest absolute Gasteiger partial charge is 0.300 e. The van der Waals surface area contributed by atoms with E-state index in [0.29, 0.717) is 0 Å². The summed E-state index contributed by atoms with van der Waals surface area (Å²) in [4.78, 5) is 0. The second-order valence-electron chi connectivity index (χ2n) is 2.59. The summed E-state index contributed by atoms with van der Waals surface area (Å²) in [5.41, 5.74) is -1.90. The van der Waals surface area contributed by atoms with E-state index in [4.69, 9.17) is 0 Å². The Balaban J connectivity index is 3.79. The van der Waals surface area contributed by atoms with Crippen LogP contribution in [-0.2, 0) is 4.57 Å². The van der Waals surface area contributed by atoms with Gasteiger partial charge in [-0.05, 0) is 12.8 Å². The topological polar surface area (TPSA) is 17.1 Å². The maximum Gasteiger partial charge on any atom is 0.190 e. The van der Waals surface area contributed by atoms with Crippen molar-refractivity contribution in [2.45, 2.75) is 33.6 Å². The Morgan fingerprint density at radius 2 is 1.42 bits per heavy atom. The molecule has 0 radical (unpaired) electrons. The highest BCUT2D eigenvalue weighted by atomic mass is 33.1. The summed E-state index contributed by atoms with van der Waals surface area (Å²) in [6, 6.07) is 0. The highest BCUT2D eigenvalue weighted by Crippen LogP contribution is 2.68. The van der Waals surface area contributed by atoms with Crippen LogP contribution in [0.15, 0.2) is 0 Å². The Kier molecular flexibility index (Phi) is 7.91. The Morgan fingerprint density at radius 1 is 1.00 bits per heavy atom. The summed E-state index contributed by atoms with van der Waals surface area (Å²) in [7, 11) is 0. The SMILES string of the molecule is CCCSP(=O)(CC)SCCC. The van der Waals surface area contributed by atoms with Gasteiger partial charge in [0.2, 0.25) is 0 Å². The van der Waals surface area contributed by atoms with Crippen LogP contribution in [-0.4, -0.2) is 17.7 Å². The fourth-order valence-corrected chi connectivity index (χ4v) is 8.14. The van der Waals surface area contributed by atoms with Gasteiger partial charge in [-0.15, -0.1) is 0 Å². The van der Waals surface area contributed by atoms with Crippen molar-refractivity contribution in [2.24, 2.45) is 0 Å². The van der Waals surface area contributed by atoms with Crippen molar-refractivity contribution in [3.05, 3.63) is 0 Å². The lowest BCUT2D eigenvalue weighted by Crippen LogP contribution is -1.81. The van der Waals surface area contributed by atoms with Gasteiger partial charge in [-0.3, -0.25) is 0 Å². The summed E-state index contributed by atoms with van der Waals surface area (Å²) in [5.74, 6) is 2.09. The molecule has 0 N–H and O–H groups in total. The minimum absolute atomic E-state index is 0.836. The van der Waals surface area contributed by atoms with Gasteiger partial charge in [-0.1, -0.05) is 43.5 Å². The second-order valence-corrected chi connectivity index (χ2v) is 11.6. The molecular weight excluding hydrogens is 207 g/mol. The fraction of sp³-hybridized carbons (Fsp3) is 1.00. The first-order valence-electron chi connectivity index (χ1n) is 4.56. The Bertz CT molecular complexity index is 138. The van der Waals surface area contributed by atoms with Gasteiger partial charge < -0.3 is 4.57 Å². The van der Waals surface area contributed by atoms with Crippen LogP contribution in [0.3, 0.4) is 0 Å². The highest BCUT2D eigenvalue weighted by Gasteiger charge is 2.19. The van der Waals surface area contributed by atoms with Crippen LogP contribution in [0.25, 0.3) is 0 Å². The van der Waals surface area contributed by atoms with Gasteiger partial charge in [0.1, 0.15) is 0 Å². The predicted molar refractivity (Wildman–Crippen MR) is 63.6 cm³/mol. The van der Waals surface area contributed by atoms with Crippen molar-refractivity contribution in [2.75, 3.05) is 17.7 Å². The van der Waals surface area contributed by atoms with E-state index < -0.39 is 5.55 Å². The molecule has 1 nitrogen and oxygen atoms in total. The lowest BCUT2D eigenvalue weighted by Gasteiger charge is -2.13. The van der Waals surface area contributed by atoms with E-state index in [0.717, 1.165) is 30.5 Å². The third-order valence-electron chi connectivity index (χ3n) is 1.37. The third kappa shape index (κ3) is 5.55. The van der Waals surface area contributed by atoms with E-state index in [1.807, 2.05) is 6.92 Å². The smallest absolute Gasteiger partial charge is 0.190 e. The highest BCUT2D eigenvalue weighted by molar-refractivity contribution is 8.90. The molecule has 0 aliphatic carbocycles. The van der Waals surface area contributed by atoms with Crippen LogP contribution in [0.4, 0.5) is 0 Å². The monoisotopic (exact) mass is 226 g/mol. The van der Waals surface area contributed by atoms with Gasteiger partial charge >= 0.3 is 0 Å². The van der Waals surface area contributed by atoms with Gasteiger partial charge in [-0.2, -0.15) is 0 Å². The molecule has 0 saturated carbocycles. The molecule has 0 heterocycles. The molecule has 0 spiro atoms. The number of hydrogen-bond donors (Lipinski definition) is 0. The summed E-state index contributed by atoms with van der Waals surface area (Å²) in [6.07, 6.45) is 3.09. The standard InChI is InChI=1S/C8H19OPS2/c1-4-7-11-10(9,6-3)12-8-5-2/h4-8H2,1-3H3. The van der Waals surface area contributed by atoms with Gasteiger partial charge in [0.25, 0.3) is 0 Å². The lowest BCUT2D eigenvalue weighted by molar-refractivity contribution is 0.594. The molecule has 12 heavy (non-hydrogen) atoms. The Morgan fingerprint density at radius 3 is 1.67 bits per heavy atom. The molecule has 0 saturated heterocycles. The summed E-state index contributed by atoms with van der Waals surface area (Å²) < 4.78 is 12.0. The lowest BCUT2D eigenvalue weighted by atomic mass is 10.6. The van der Waals surface area contributed by atoms with Crippen LogP contribution in [0.5, 0.6) is 0 Å². The molecule has 0 aliphatic rings. The van der Waals surface area contributed by atoms with Crippen molar-refractivity contribution < 1.29 is 4.57 Å². The maximum atomic E-state index is 12.0. The Hall–Kier alpha value is 0.930. The van der Waals surface area contributed by atoms with E-state index in [1.54, 1.807) is 22.8 Å². The molecule has 0 fully saturated rings. The first-order valence-corrected chi connectivity index (χ1v) is 9.64. The first-order chi connectivity index (χ1) is 5.68. The van der Waals surface area contributed by atoms with Gasteiger partial charge in [0.05, 0.1) is 0 Å². The minimum Gasteiger partial charge on any atom is -0.300 e. The van der Waals surface area contributed by atoms with Crippen molar-refractivity contribution in [3.8, 4) is 0 Å². The van der Waals surface area contributed by atoms with E-state index in [-0.39, 0.29) is 0 Å². The zero-order valence-electron chi connectivity index (χ0n) is 8.21. The van der Waals surface area contributed by atoms with Gasteiger partial charge in [0.15, 0.2) is 5.55 Å². The zero-order chi connectivity index (χ0) is 9.45. The van der Waals surface area contributed by atoms with Crippen LogP contribution in [0, 0.1) is 0 Å². The molecule has 0 aromatic heterocycles. The number of rotatable bonds is 7. The van der Waals surface area contributed by atoms with E-state index in [9.17, 15) is 4.57 Å². The molecule has 0 unspecified atom stereocenters. The molecule has 0 amide bonds. The second kappa shape index (κ2) is 7.34. The fourth-order valence-electron chi connectivity index (χ4n) is 0.681. The normalized spacial score (nSPS) is 11.9. The van der Waals surface area contributed by atoms with Crippen LogP contribution in [0.2, 0.25) is 0 Å². The quantitative estimate of drug-likeness (QED) is 0.595. The molecule has 0 atom stereocenters. The van der Waals surface area contributed by atoms with Crippen LogP contribution in [0.1, 0.15) is 33.6 Å². The molecule has 0 aliphatic heterocycles. The van der Waals surface area contributed by atoms with Gasteiger partial charge in [0, 0.05) is 17.7 Å². The summed E-state index contributed by atoms with van der Waals surface area (Å²) in [6.45, 7) is 6.31. The van der Waals surface area contributed by atoms with Crippen molar-refractivity contribution in [3.63, 3.8) is 0 Å².